The monoisotopic (exact) mass is 415 g/mol. The minimum atomic E-state index is -1.61. The lowest BCUT2D eigenvalue weighted by molar-refractivity contribution is -0.141. The van der Waals surface area contributed by atoms with Crippen molar-refractivity contribution in [3.05, 3.63) is 63.8 Å². The highest BCUT2D eigenvalue weighted by Gasteiger charge is 2.41. The van der Waals surface area contributed by atoms with Gasteiger partial charge in [0.05, 0.1) is 10.6 Å². The molecule has 3 rings (SSSR count). The number of benzene rings is 2. The zero-order valence-corrected chi connectivity index (χ0v) is 17.3. The number of rotatable bonds is 5. The molecule has 0 fully saturated rings. The summed E-state index contributed by atoms with van der Waals surface area (Å²) in [7, 11) is 0. The van der Waals surface area contributed by atoms with Gasteiger partial charge in [0.1, 0.15) is 11.2 Å². The molecule has 1 aromatic heterocycles. The smallest absolute Gasteiger partial charge is 0.338 e. The van der Waals surface area contributed by atoms with Crippen LogP contribution in [0.2, 0.25) is 5.02 Å². The highest BCUT2D eigenvalue weighted by Crippen LogP contribution is 2.42. The van der Waals surface area contributed by atoms with Gasteiger partial charge < -0.3 is 19.9 Å². The lowest BCUT2D eigenvalue weighted by atomic mass is 9.74. The van der Waals surface area contributed by atoms with Crippen molar-refractivity contribution in [1.82, 2.24) is 4.57 Å². The number of nitrogens with zero attached hydrogens (tertiary/aromatic N) is 1. The van der Waals surface area contributed by atoms with Crippen LogP contribution in [0.4, 0.5) is 0 Å². The first-order chi connectivity index (χ1) is 13.5. The molecule has 1 unspecified atom stereocenters. The van der Waals surface area contributed by atoms with Crippen LogP contribution >= 0.6 is 11.6 Å². The van der Waals surface area contributed by atoms with Gasteiger partial charge in [-0.05, 0) is 57.0 Å². The van der Waals surface area contributed by atoms with Crippen molar-refractivity contribution in [1.29, 1.82) is 0 Å². The zero-order valence-electron chi connectivity index (χ0n) is 16.5. The van der Waals surface area contributed by atoms with Gasteiger partial charge in [0.25, 0.3) is 0 Å². The van der Waals surface area contributed by atoms with E-state index in [2.05, 4.69) is 0 Å². The Morgan fingerprint density at radius 2 is 1.79 bits per heavy atom. The van der Waals surface area contributed by atoms with Gasteiger partial charge in [-0.15, -0.1) is 0 Å². The summed E-state index contributed by atoms with van der Waals surface area (Å²) in [5.74, 6) is -2.53. The van der Waals surface area contributed by atoms with Crippen molar-refractivity contribution in [3.8, 4) is 5.75 Å². The molecular formula is C22H22ClNO5. The normalized spacial score (nSPS) is 13.6. The van der Waals surface area contributed by atoms with Crippen LogP contribution in [0, 0.1) is 6.92 Å². The van der Waals surface area contributed by atoms with Gasteiger partial charge in [0.2, 0.25) is 0 Å². The van der Waals surface area contributed by atoms with Gasteiger partial charge in [0, 0.05) is 22.6 Å². The molecule has 3 N–H and O–H groups in total. The van der Waals surface area contributed by atoms with Crippen molar-refractivity contribution in [2.24, 2.45) is 0 Å². The standard InChI is InChI=1S/C22H22ClNO5/c1-11(2)24-12(3)18(20(26)27)19-14(6-5-7-16(19)24)22(4,21(28)29)13-8-9-15(23)17(25)10-13/h5-11,25H,1-4H3,(H,26,27)(H,28,29). The van der Waals surface area contributed by atoms with Crippen molar-refractivity contribution in [2.45, 2.75) is 39.2 Å². The van der Waals surface area contributed by atoms with Crippen LogP contribution in [0.5, 0.6) is 5.75 Å². The van der Waals surface area contributed by atoms with Crippen molar-refractivity contribution in [2.75, 3.05) is 0 Å². The molecule has 0 radical (unpaired) electrons. The van der Waals surface area contributed by atoms with Gasteiger partial charge in [0.15, 0.2) is 0 Å². The Morgan fingerprint density at radius 3 is 2.31 bits per heavy atom. The Labute approximate surface area is 173 Å². The topological polar surface area (TPSA) is 99.8 Å². The van der Waals surface area contributed by atoms with Gasteiger partial charge in [-0.1, -0.05) is 29.8 Å². The van der Waals surface area contributed by atoms with Crippen molar-refractivity contribution >= 4 is 34.4 Å². The SMILES string of the molecule is Cc1c(C(=O)O)c2c(C(C)(C(=O)O)c3ccc(Cl)c(O)c3)cccc2n1C(C)C. The largest absolute Gasteiger partial charge is 0.506 e. The maximum Gasteiger partial charge on any atom is 0.338 e. The molecule has 1 atom stereocenters. The van der Waals surface area contributed by atoms with E-state index in [1.807, 2.05) is 18.4 Å². The van der Waals surface area contributed by atoms with E-state index in [-0.39, 0.29) is 22.4 Å². The predicted octanol–water partition coefficient (Wildman–Crippen LogP) is 4.98. The molecule has 0 amide bonds. The van der Waals surface area contributed by atoms with Crippen LogP contribution in [0.15, 0.2) is 36.4 Å². The number of aromatic hydroxyl groups is 1. The summed E-state index contributed by atoms with van der Waals surface area (Å²) < 4.78 is 1.89. The summed E-state index contributed by atoms with van der Waals surface area (Å²) >= 11 is 5.90. The Bertz CT molecular complexity index is 1150. The molecule has 6 nitrogen and oxygen atoms in total. The molecular weight excluding hydrogens is 394 g/mol. The number of carbonyl (C=O) groups is 2. The van der Waals surface area contributed by atoms with E-state index in [0.29, 0.717) is 27.7 Å². The van der Waals surface area contributed by atoms with E-state index in [9.17, 15) is 24.9 Å². The highest BCUT2D eigenvalue weighted by molar-refractivity contribution is 6.32. The number of aromatic carboxylic acids is 1. The predicted molar refractivity (Wildman–Crippen MR) is 111 cm³/mol. The average Bonchev–Trinajstić information content (AvgIpc) is 2.95. The lowest BCUT2D eigenvalue weighted by Gasteiger charge is -2.27. The van der Waals surface area contributed by atoms with E-state index in [1.165, 1.54) is 25.1 Å². The molecule has 0 spiro atoms. The van der Waals surface area contributed by atoms with Gasteiger partial charge >= 0.3 is 11.9 Å². The lowest BCUT2D eigenvalue weighted by Crippen LogP contribution is -2.34. The zero-order chi connectivity index (χ0) is 21.7. The Hall–Kier alpha value is -2.99. The molecule has 2 aromatic carbocycles. The number of aliphatic carboxylic acids is 1. The Kier molecular flexibility index (Phi) is 5.09. The molecule has 29 heavy (non-hydrogen) atoms. The number of hydrogen-bond acceptors (Lipinski definition) is 3. The maximum atomic E-state index is 12.5. The summed E-state index contributed by atoms with van der Waals surface area (Å²) in [5, 5.41) is 30.7. The molecule has 0 aliphatic heterocycles. The van der Waals surface area contributed by atoms with Crippen LogP contribution in [0.1, 0.15) is 54.0 Å². The van der Waals surface area contributed by atoms with Gasteiger partial charge in [-0.25, -0.2) is 4.79 Å². The minimum Gasteiger partial charge on any atom is -0.506 e. The van der Waals surface area contributed by atoms with Crippen LogP contribution in [-0.2, 0) is 10.2 Å². The number of halogens is 1. The number of carboxylic acid groups (broad SMARTS) is 2. The molecule has 0 aliphatic carbocycles. The summed E-state index contributed by atoms with van der Waals surface area (Å²) in [6.45, 7) is 7.11. The average molecular weight is 416 g/mol. The van der Waals surface area contributed by atoms with E-state index in [1.54, 1.807) is 25.1 Å². The molecule has 0 saturated heterocycles. The number of hydrogen-bond donors (Lipinski definition) is 3. The summed E-state index contributed by atoms with van der Waals surface area (Å²) in [6, 6.07) is 9.38. The van der Waals surface area contributed by atoms with Gasteiger partial charge in [-0.2, -0.15) is 0 Å². The molecule has 152 valence electrons. The fraction of sp³-hybridized carbons (Fsp3) is 0.273. The first kappa shape index (κ1) is 20.7. The summed E-state index contributed by atoms with van der Waals surface area (Å²) in [5.41, 5.74) is 0.311. The number of aromatic nitrogens is 1. The van der Waals surface area contributed by atoms with Gasteiger partial charge in [-0.3, -0.25) is 4.79 Å². The number of carboxylic acids is 2. The minimum absolute atomic E-state index is 0.0171. The third-order valence-corrected chi connectivity index (χ3v) is 5.81. The van der Waals surface area contributed by atoms with E-state index in [4.69, 9.17) is 11.6 Å². The first-order valence-corrected chi connectivity index (χ1v) is 9.49. The summed E-state index contributed by atoms with van der Waals surface area (Å²) in [6.07, 6.45) is 0. The molecule has 1 heterocycles. The second-order valence-corrected chi connectivity index (χ2v) is 7.93. The highest BCUT2D eigenvalue weighted by atomic mass is 35.5. The van der Waals surface area contributed by atoms with Crippen LogP contribution in [0.3, 0.4) is 0 Å². The molecule has 7 heteroatoms. The van der Waals surface area contributed by atoms with Crippen LogP contribution in [-0.4, -0.2) is 31.8 Å². The van der Waals surface area contributed by atoms with Crippen LogP contribution in [0.25, 0.3) is 10.9 Å². The van der Waals surface area contributed by atoms with E-state index in [0.717, 1.165) is 0 Å². The third kappa shape index (κ3) is 3.04. The van der Waals surface area contributed by atoms with E-state index >= 15 is 0 Å². The molecule has 0 bridgehead atoms. The molecule has 3 aromatic rings. The quantitative estimate of drug-likeness (QED) is 0.545. The van der Waals surface area contributed by atoms with Crippen molar-refractivity contribution in [3.63, 3.8) is 0 Å². The second-order valence-electron chi connectivity index (χ2n) is 7.53. The first-order valence-electron chi connectivity index (χ1n) is 9.11. The third-order valence-electron chi connectivity index (χ3n) is 5.50. The number of phenolic OH excluding ortho intramolecular Hbond substituents is 1. The number of fused-ring (bicyclic) bond motifs is 1. The fourth-order valence-electron chi connectivity index (χ4n) is 4.05. The van der Waals surface area contributed by atoms with E-state index < -0.39 is 17.4 Å². The molecule has 0 saturated carbocycles. The Morgan fingerprint density at radius 1 is 1.14 bits per heavy atom. The van der Waals surface area contributed by atoms with Crippen molar-refractivity contribution < 1.29 is 24.9 Å². The maximum absolute atomic E-state index is 12.5. The fourth-order valence-corrected chi connectivity index (χ4v) is 4.16. The summed E-state index contributed by atoms with van der Waals surface area (Å²) in [4.78, 5) is 24.6. The second kappa shape index (κ2) is 7.12. The Balaban J connectivity index is 2.49. The number of phenols is 1. The molecule has 0 aliphatic rings. The van der Waals surface area contributed by atoms with Crippen LogP contribution < -0.4 is 0 Å².